The fourth-order valence-electron chi connectivity index (χ4n) is 3.78. The van der Waals surface area contributed by atoms with Gasteiger partial charge < -0.3 is 20.8 Å². The van der Waals surface area contributed by atoms with Gasteiger partial charge in [0.15, 0.2) is 0 Å². The van der Waals surface area contributed by atoms with Gasteiger partial charge in [0.2, 0.25) is 5.91 Å². The Morgan fingerprint density at radius 3 is 2.73 bits per heavy atom. The quantitative estimate of drug-likeness (QED) is 0.541. The van der Waals surface area contributed by atoms with E-state index >= 15 is 0 Å². The lowest BCUT2D eigenvalue weighted by Gasteiger charge is -2.25. The highest BCUT2D eigenvalue weighted by molar-refractivity contribution is 5.98. The summed E-state index contributed by atoms with van der Waals surface area (Å²) in [6.07, 6.45) is 3.34. The number of alkyl halides is 2. The molecule has 2 unspecified atom stereocenters. The van der Waals surface area contributed by atoms with Crippen LogP contribution in [0.4, 0.5) is 19.3 Å². The van der Waals surface area contributed by atoms with E-state index in [2.05, 4.69) is 15.7 Å². The van der Waals surface area contributed by atoms with Crippen molar-refractivity contribution < 1.29 is 23.1 Å². The monoisotopic (exact) mass is 461 g/mol. The molecule has 178 valence electrons. The van der Waals surface area contributed by atoms with Crippen LogP contribution in [0.2, 0.25) is 0 Å². The lowest BCUT2D eigenvalue weighted by molar-refractivity contribution is -0.119. The number of hydrogen-bond donors (Lipinski definition) is 3. The first-order chi connectivity index (χ1) is 15.5. The number of rotatable bonds is 3. The van der Waals surface area contributed by atoms with Crippen molar-refractivity contribution in [2.45, 2.75) is 65.1 Å². The highest BCUT2D eigenvalue weighted by atomic mass is 19.3. The fraction of sp³-hybridized carbons (Fsp3) is 0.478. The van der Waals surface area contributed by atoms with E-state index < -0.39 is 24.3 Å². The van der Waals surface area contributed by atoms with E-state index in [1.54, 1.807) is 45.9 Å². The Kier molecular flexibility index (Phi) is 7.14. The summed E-state index contributed by atoms with van der Waals surface area (Å²) in [6, 6.07) is 4.56. The average molecular weight is 462 g/mol. The Morgan fingerprint density at radius 1 is 1.36 bits per heavy atom. The maximum absolute atomic E-state index is 13.8. The molecule has 3 N–H and O–H groups in total. The predicted molar refractivity (Wildman–Crippen MR) is 121 cm³/mol. The number of nitrogens with one attached hydrogen (secondary N) is 3. The summed E-state index contributed by atoms with van der Waals surface area (Å²) in [4.78, 5) is 25.2. The second-order valence-electron chi connectivity index (χ2n) is 9.14. The van der Waals surface area contributed by atoms with Crippen LogP contribution in [-0.2, 0) is 9.53 Å². The molecular formula is C23H29F2N5O3. The highest BCUT2D eigenvalue weighted by Crippen LogP contribution is 2.36. The number of carbonyl (C=O) groups is 2. The maximum Gasteiger partial charge on any atom is 0.408 e. The standard InChI is InChI=1S/C23H29F2N5O3/c1-13-6-5-7-17(29-22(32)33-23(2,3)4)14-8-9-15(11-26)16(10-14)19-18(28-20(13)31)12-27-30(19)21(24)25/h8-13,17,21,26H,5-7H2,1-4H3,(H,28,31)(H,29,32). The van der Waals surface area contributed by atoms with Crippen LogP contribution in [0, 0.1) is 11.3 Å². The largest absolute Gasteiger partial charge is 0.444 e. The van der Waals surface area contributed by atoms with Gasteiger partial charge in [-0.1, -0.05) is 25.5 Å². The van der Waals surface area contributed by atoms with E-state index in [1.165, 1.54) is 6.20 Å². The van der Waals surface area contributed by atoms with Crippen LogP contribution in [-0.4, -0.2) is 33.6 Å². The molecular weight excluding hydrogens is 432 g/mol. The molecule has 0 aliphatic carbocycles. The number of amides is 2. The molecule has 2 aromatic rings. The lowest BCUT2D eigenvalue weighted by Crippen LogP contribution is -2.35. The zero-order valence-electron chi connectivity index (χ0n) is 19.1. The van der Waals surface area contributed by atoms with Crippen molar-refractivity contribution in [3.63, 3.8) is 0 Å². The van der Waals surface area contributed by atoms with Crippen LogP contribution >= 0.6 is 0 Å². The number of fused-ring (bicyclic) bond motifs is 4. The first-order valence-electron chi connectivity index (χ1n) is 10.8. The van der Waals surface area contributed by atoms with Crippen LogP contribution in [0.3, 0.4) is 0 Å². The molecule has 8 nitrogen and oxygen atoms in total. The van der Waals surface area contributed by atoms with Crippen LogP contribution < -0.4 is 10.6 Å². The second kappa shape index (κ2) is 9.68. The Labute approximate surface area is 191 Å². The number of carbonyl (C=O) groups excluding carboxylic acids is 2. The summed E-state index contributed by atoms with van der Waals surface area (Å²) >= 11 is 0. The maximum atomic E-state index is 13.8. The number of anilines is 1. The van der Waals surface area contributed by atoms with E-state index in [4.69, 9.17) is 10.1 Å². The normalized spacial score (nSPS) is 19.1. The summed E-state index contributed by atoms with van der Waals surface area (Å²) in [5, 5.41) is 17.1. The summed E-state index contributed by atoms with van der Waals surface area (Å²) < 4.78 is 33.5. The topological polar surface area (TPSA) is 109 Å². The molecule has 0 fully saturated rings. The van der Waals surface area contributed by atoms with E-state index in [-0.39, 0.29) is 23.2 Å². The lowest BCUT2D eigenvalue weighted by atomic mass is 9.92. The first-order valence-corrected chi connectivity index (χ1v) is 10.8. The molecule has 2 amide bonds. The molecule has 1 aliphatic rings. The van der Waals surface area contributed by atoms with Gasteiger partial charge in [-0.05, 0) is 45.2 Å². The predicted octanol–water partition coefficient (Wildman–Crippen LogP) is 5.27. The number of halogens is 2. The first kappa shape index (κ1) is 24.3. The zero-order chi connectivity index (χ0) is 24.3. The van der Waals surface area contributed by atoms with Gasteiger partial charge in [-0.2, -0.15) is 13.9 Å². The molecule has 1 aromatic heterocycles. The number of ether oxygens (including phenoxy) is 1. The van der Waals surface area contributed by atoms with E-state index in [1.807, 2.05) is 0 Å². The summed E-state index contributed by atoms with van der Waals surface area (Å²) in [7, 11) is 0. The Hall–Kier alpha value is -3.30. The van der Waals surface area contributed by atoms with Crippen LogP contribution in [0.25, 0.3) is 11.3 Å². The molecule has 0 radical (unpaired) electrons. The van der Waals surface area contributed by atoms with E-state index in [0.717, 1.165) is 6.21 Å². The van der Waals surface area contributed by atoms with Gasteiger partial charge in [-0.15, -0.1) is 0 Å². The summed E-state index contributed by atoms with van der Waals surface area (Å²) in [5.41, 5.74) is 0.814. The van der Waals surface area contributed by atoms with Gasteiger partial charge in [0.1, 0.15) is 5.60 Å². The second-order valence-corrected chi connectivity index (χ2v) is 9.14. The van der Waals surface area contributed by atoms with Crippen LogP contribution in [0.5, 0.6) is 0 Å². The minimum atomic E-state index is -2.95. The Balaban J connectivity index is 2.14. The molecule has 3 rings (SSSR count). The number of hydrogen-bond acceptors (Lipinski definition) is 5. The van der Waals surface area contributed by atoms with Gasteiger partial charge in [-0.3, -0.25) is 4.79 Å². The van der Waals surface area contributed by atoms with Crippen molar-refractivity contribution in [3.8, 4) is 11.3 Å². The third kappa shape index (κ3) is 5.74. The number of aromatic nitrogens is 2. The highest BCUT2D eigenvalue weighted by Gasteiger charge is 2.27. The summed E-state index contributed by atoms with van der Waals surface area (Å²) in [5.74, 6) is -0.690. The van der Waals surface area contributed by atoms with Crippen molar-refractivity contribution in [1.29, 1.82) is 5.41 Å². The molecule has 2 atom stereocenters. The molecule has 2 heterocycles. The van der Waals surface area contributed by atoms with Crippen molar-refractivity contribution in [2.24, 2.45) is 5.92 Å². The average Bonchev–Trinajstić information content (AvgIpc) is 3.14. The molecule has 33 heavy (non-hydrogen) atoms. The van der Waals surface area contributed by atoms with E-state index in [9.17, 15) is 18.4 Å². The van der Waals surface area contributed by atoms with Crippen molar-refractivity contribution in [1.82, 2.24) is 15.1 Å². The van der Waals surface area contributed by atoms with Gasteiger partial charge in [0.05, 0.1) is 23.6 Å². The van der Waals surface area contributed by atoms with Crippen molar-refractivity contribution in [2.75, 3.05) is 5.32 Å². The smallest absolute Gasteiger partial charge is 0.408 e. The van der Waals surface area contributed by atoms with Crippen LogP contribution in [0.15, 0.2) is 24.4 Å². The Bertz CT molecular complexity index is 1050. The minimum absolute atomic E-state index is 0.00231. The molecule has 0 saturated heterocycles. The van der Waals surface area contributed by atoms with Gasteiger partial charge >= 0.3 is 12.6 Å². The third-order valence-corrected chi connectivity index (χ3v) is 5.40. The number of benzene rings is 1. The number of alkyl carbamates (subject to hydrolysis) is 1. The van der Waals surface area contributed by atoms with Crippen molar-refractivity contribution >= 4 is 23.9 Å². The fourth-order valence-corrected chi connectivity index (χ4v) is 3.78. The van der Waals surface area contributed by atoms with E-state index in [0.29, 0.717) is 40.6 Å². The minimum Gasteiger partial charge on any atom is -0.444 e. The third-order valence-electron chi connectivity index (χ3n) is 5.40. The molecule has 0 spiro atoms. The van der Waals surface area contributed by atoms with Gasteiger partial charge in [-0.25, -0.2) is 9.48 Å². The Morgan fingerprint density at radius 2 is 2.09 bits per heavy atom. The molecule has 1 aliphatic heterocycles. The van der Waals surface area contributed by atoms with Crippen molar-refractivity contribution in [3.05, 3.63) is 35.5 Å². The molecule has 2 bridgehead atoms. The molecule has 10 heteroatoms. The SMILES string of the molecule is CC1CCCC(NC(=O)OC(C)(C)C)c2ccc(C=N)c(c2)-c2c(cnn2C(F)F)NC1=O. The molecule has 0 saturated carbocycles. The van der Waals surface area contributed by atoms with Crippen LogP contribution in [0.1, 0.15) is 70.7 Å². The number of nitrogens with zero attached hydrogens (tertiary/aromatic N) is 2. The zero-order valence-corrected chi connectivity index (χ0v) is 19.1. The molecule has 1 aromatic carbocycles. The summed E-state index contributed by atoms with van der Waals surface area (Å²) in [6.45, 7) is 4.10. The van der Waals surface area contributed by atoms with Gasteiger partial charge in [0.25, 0.3) is 0 Å². The van der Waals surface area contributed by atoms with Gasteiger partial charge in [0, 0.05) is 23.3 Å².